The number of aryl methyl sites for hydroxylation is 1. The topological polar surface area (TPSA) is 80.5 Å². The minimum atomic E-state index is -0.571. The van der Waals surface area contributed by atoms with Crippen LogP contribution in [0.2, 0.25) is 0 Å². The molecule has 1 saturated heterocycles. The standard InChI is InChI=1S/C15H26N4O2S/c1-11-18-13(10-22-11)8-19-5-3-12(4-6-19)7-17-15(20)14(16)9-21-2/h10,12,14H,3-9,16H2,1-2H3,(H,17,20). The van der Waals surface area contributed by atoms with E-state index in [0.29, 0.717) is 12.5 Å². The number of piperidine rings is 1. The summed E-state index contributed by atoms with van der Waals surface area (Å²) in [6.07, 6.45) is 2.20. The van der Waals surface area contributed by atoms with Crippen molar-refractivity contribution in [2.24, 2.45) is 11.7 Å². The van der Waals surface area contributed by atoms with Gasteiger partial charge in [-0.1, -0.05) is 0 Å². The van der Waals surface area contributed by atoms with Crippen LogP contribution in [0.5, 0.6) is 0 Å². The Labute approximate surface area is 136 Å². The van der Waals surface area contributed by atoms with Crippen LogP contribution in [0.15, 0.2) is 5.38 Å². The van der Waals surface area contributed by atoms with Crippen molar-refractivity contribution in [3.8, 4) is 0 Å². The first-order valence-corrected chi connectivity index (χ1v) is 8.62. The molecule has 0 radical (unpaired) electrons. The normalized spacial score (nSPS) is 18.3. The summed E-state index contributed by atoms with van der Waals surface area (Å²) in [5.74, 6) is 0.411. The average molecular weight is 326 g/mol. The molecule has 1 aromatic rings. The lowest BCUT2D eigenvalue weighted by Gasteiger charge is -2.31. The van der Waals surface area contributed by atoms with Crippen molar-refractivity contribution in [3.63, 3.8) is 0 Å². The molecule has 2 heterocycles. The fourth-order valence-corrected chi connectivity index (χ4v) is 3.29. The monoisotopic (exact) mass is 326 g/mol. The molecule has 1 aromatic heterocycles. The number of aromatic nitrogens is 1. The summed E-state index contributed by atoms with van der Waals surface area (Å²) in [6, 6.07) is -0.571. The van der Waals surface area contributed by atoms with E-state index in [4.69, 9.17) is 10.5 Å². The molecule has 1 aliphatic rings. The number of methoxy groups -OCH3 is 1. The number of carbonyl (C=O) groups excluding carboxylic acids is 1. The smallest absolute Gasteiger partial charge is 0.239 e. The Morgan fingerprint density at radius 3 is 2.91 bits per heavy atom. The van der Waals surface area contributed by atoms with Crippen molar-refractivity contribution in [1.82, 2.24) is 15.2 Å². The van der Waals surface area contributed by atoms with Crippen molar-refractivity contribution >= 4 is 17.2 Å². The zero-order chi connectivity index (χ0) is 15.9. The van der Waals surface area contributed by atoms with E-state index in [2.05, 4.69) is 20.6 Å². The zero-order valence-corrected chi connectivity index (χ0v) is 14.2. The Bertz CT molecular complexity index is 472. The zero-order valence-electron chi connectivity index (χ0n) is 13.4. The largest absolute Gasteiger partial charge is 0.383 e. The van der Waals surface area contributed by atoms with Gasteiger partial charge < -0.3 is 15.8 Å². The van der Waals surface area contributed by atoms with E-state index < -0.39 is 6.04 Å². The van der Waals surface area contributed by atoms with Gasteiger partial charge in [0.1, 0.15) is 6.04 Å². The summed E-state index contributed by atoms with van der Waals surface area (Å²) in [4.78, 5) is 18.7. The first-order chi connectivity index (χ1) is 10.6. The fourth-order valence-electron chi connectivity index (χ4n) is 2.69. The summed E-state index contributed by atoms with van der Waals surface area (Å²) in [5.41, 5.74) is 6.87. The molecule has 1 unspecified atom stereocenters. The highest BCUT2D eigenvalue weighted by molar-refractivity contribution is 7.09. The van der Waals surface area contributed by atoms with Crippen LogP contribution >= 0.6 is 11.3 Å². The van der Waals surface area contributed by atoms with Gasteiger partial charge in [0.25, 0.3) is 0 Å². The number of nitrogens with zero attached hydrogens (tertiary/aromatic N) is 2. The number of nitrogens with one attached hydrogen (secondary N) is 1. The average Bonchev–Trinajstić information content (AvgIpc) is 2.91. The molecule has 0 aliphatic carbocycles. The first-order valence-electron chi connectivity index (χ1n) is 7.74. The van der Waals surface area contributed by atoms with Crippen LogP contribution < -0.4 is 11.1 Å². The van der Waals surface area contributed by atoms with Gasteiger partial charge in [0.05, 0.1) is 17.3 Å². The highest BCUT2D eigenvalue weighted by Crippen LogP contribution is 2.19. The van der Waals surface area contributed by atoms with Gasteiger partial charge in [0.15, 0.2) is 0 Å². The van der Waals surface area contributed by atoms with E-state index in [9.17, 15) is 4.79 Å². The second kappa shape index (κ2) is 8.57. The van der Waals surface area contributed by atoms with E-state index in [0.717, 1.165) is 37.5 Å². The van der Waals surface area contributed by atoms with Gasteiger partial charge in [-0.15, -0.1) is 11.3 Å². The molecule has 1 fully saturated rings. The van der Waals surface area contributed by atoms with Crippen molar-refractivity contribution < 1.29 is 9.53 Å². The quantitative estimate of drug-likeness (QED) is 0.773. The van der Waals surface area contributed by atoms with Gasteiger partial charge in [-0.25, -0.2) is 4.98 Å². The number of amides is 1. The second-order valence-corrected chi connectivity index (χ2v) is 6.95. The molecular weight excluding hydrogens is 300 g/mol. The van der Waals surface area contributed by atoms with Crippen LogP contribution in [0.25, 0.3) is 0 Å². The second-order valence-electron chi connectivity index (χ2n) is 5.88. The SMILES string of the molecule is COCC(N)C(=O)NCC1CCN(Cc2csc(C)n2)CC1. The number of carbonyl (C=O) groups is 1. The number of thiazole rings is 1. The summed E-state index contributed by atoms with van der Waals surface area (Å²) in [5, 5.41) is 6.19. The van der Waals surface area contributed by atoms with E-state index in [1.165, 1.54) is 5.69 Å². The van der Waals surface area contributed by atoms with E-state index in [1.54, 1.807) is 18.4 Å². The molecule has 0 saturated carbocycles. The molecule has 22 heavy (non-hydrogen) atoms. The predicted molar refractivity (Wildman–Crippen MR) is 87.7 cm³/mol. The van der Waals surface area contributed by atoms with Crippen LogP contribution in [0.4, 0.5) is 0 Å². The summed E-state index contributed by atoms with van der Waals surface area (Å²) >= 11 is 1.70. The molecule has 7 heteroatoms. The van der Waals surface area contributed by atoms with E-state index >= 15 is 0 Å². The molecule has 0 aromatic carbocycles. The molecule has 2 rings (SSSR count). The molecule has 1 aliphatic heterocycles. The van der Waals surface area contributed by atoms with E-state index in [-0.39, 0.29) is 12.5 Å². The first kappa shape index (κ1) is 17.3. The van der Waals surface area contributed by atoms with Crippen LogP contribution in [0.3, 0.4) is 0 Å². The van der Waals surface area contributed by atoms with Gasteiger partial charge in [-0.3, -0.25) is 9.69 Å². The molecule has 3 N–H and O–H groups in total. The number of hydrogen-bond acceptors (Lipinski definition) is 6. The number of nitrogens with two attached hydrogens (primary N) is 1. The maximum Gasteiger partial charge on any atom is 0.239 e. The van der Waals surface area contributed by atoms with Crippen molar-refractivity contribution in [2.75, 3.05) is 33.4 Å². The Morgan fingerprint density at radius 2 is 2.32 bits per heavy atom. The van der Waals surface area contributed by atoms with Gasteiger partial charge in [-0.05, 0) is 38.8 Å². The lowest BCUT2D eigenvalue weighted by Crippen LogP contribution is -2.46. The molecule has 1 amide bonds. The van der Waals surface area contributed by atoms with Crippen LogP contribution in [-0.2, 0) is 16.1 Å². The lowest BCUT2D eigenvalue weighted by molar-refractivity contribution is -0.123. The van der Waals surface area contributed by atoms with Gasteiger partial charge in [-0.2, -0.15) is 0 Å². The third-order valence-corrected chi connectivity index (χ3v) is 4.83. The molecule has 0 bridgehead atoms. The molecule has 0 spiro atoms. The Kier molecular flexibility index (Phi) is 6.75. The maximum atomic E-state index is 11.7. The Balaban J connectivity index is 1.65. The number of hydrogen-bond donors (Lipinski definition) is 2. The maximum absolute atomic E-state index is 11.7. The highest BCUT2D eigenvalue weighted by Gasteiger charge is 2.21. The van der Waals surface area contributed by atoms with Gasteiger partial charge in [0.2, 0.25) is 5.91 Å². The Morgan fingerprint density at radius 1 is 1.59 bits per heavy atom. The molecule has 124 valence electrons. The summed E-state index contributed by atoms with van der Waals surface area (Å²) in [7, 11) is 1.55. The molecular formula is C15H26N4O2S. The summed E-state index contributed by atoms with van der Waals surface area (Å²) < 4.78 is 4.89. The van der Waals surface area contributed by atoms with Crippen LogP contribution in [0, 0.1) is 12.8 Å². The third kappa shape index (κ3) is 5.31. The summed E-state index contributed by atoms with van der Waals surface area (Å²) in [6.45, 7) is 6.05. The predicted octanol–water partition coefficient (Wildman–Crippen LogP) is 0.753. The highest BCUT2D eigenvalue weighted by atomic mass is 32.1. The minimum absolute atomic E-state index is 0.123. The molecule has 6 nitrogen and oxygen atoms in total. The Hall–Kier alpha value is -1.02. The van der Waals surface area contributed by atoms with Crippen molar-refractivity contribution in [1.29, 1.82) is 0 Å². The third-order valence-electron chi connectivity index (χ3n) is 4.01. The minimum Gasteiger partial charge on any atom is -0.383 e. The van der Waals surface area contributed by atoms with Gasteiger partial charge in [0, 0.05) is 25.6 Å². The van der Waals surface area contributed by atoms with Gasteiger partial charge >= 0.3 is 0 Å². The molecule has 1 atom stereocenters. The number of rotatable bonds is 7. The lowest BCUT2D eigenvalue weighted by atomic mass is 9.96. The van der Waals surface area contributed by atoms with Crippen LogP contribution in [-0.4, -0.2) is 55.2 Å². The van der Waals surface area contributed by atoms with Crippen LogP contribution in [0.1, 0.15) is 23.5 Å². The van der Waals surface area contributed by atoms with E-state index in [1.807, 2.05) is 6.92 Å². The number of ether oxygens (including phenoxy) is 1. The van der Waals surface area contributed by atoms with Crippen molar-refractivity contribution in [2.45, 2.75) is 32.4 Å². The fraction of sp³-hybridized carbons (Fsp3) is 0.733. The number of likely N-dealkylation sites (tertiary alicyclic amines) is 1. The van der Waals surface area contributed by atoms with Crippen molar-refractivity contribution in [3.05, 3.63) is 16.1 Å².